The second-order valence-corrected chi connectivity index (χ2v) is 5.34. The molecule has 5 heteroatoms. The van der Waals surface area contributed by atoms with E-state index in [-0.39, 0.29) is 5.91 Å². The molecular formula is C15H21ClN2O2. The molecule has 4 nitrogen and oxygen atoms in total. The van der Waals surface area contributed by atoms with Crippen molar-refractivity contribution in [3.63, 3.8) is 0 Å². The molecular weight excluding hydrogens is 276 g/mol. The van der Waals surface area contributed by atoms with E-state index in [9.17, 15) is 4.79 Å². The third kappa shape index (κ3) is 3.37. The molecule has 1 saturated heterocycles. The van der Waals surface area contributed by atoms with Gasteiger partial charge in [0.25, 0.3) is 0 Å². The Kier molecular flexibility index (Phi) is 5.12. The summed E-state index contributed by atoms with van der Waals surface area (Å²) in [5, 5.41) is 0.620. The van der Waals surface area contributed by atoms with Gasteiger partial charge in [0.15, 0.2) is 0 Å². The Balaban J connectivity index is 1.97. The van der Waals surface area contributed by atoms with Gasteiger partial charge in [-0.15, -0.1) is 0 Å². The predicted octanol–water partition coefficient (Wildman–Crippen LogP) is 2.80. The van der Waals surface area contributed by atoms with Gasteiger partial charge in [-0.2, -0.15) is 0 Å². The molecule has 1 aliphatic heterocycles. The Morgan fingerprint density at radius 1 is 1.30 bits per heavy atom. The average molecular weight is 297 g/mol. The zero-order chi connectivity index (χ0) is 14.5. The monoisotopic (exact) mass is 296 g/mol. The summed E-state index contributed by atoms with van der Waals surface area (Å²) >= 11 is 6.15. The van der Waals surface area contributed by atoms with Gasteiger partial charge >= 0.3 is 0 Å². The van der Waals surface area contributed by atoms with Crippen molar-refractivity contribution >= 4 is 23.2 Å². The molecule has 1 amide bonds. The first-order valence-electron chi connectivity index (χ1n) is 7.02. The van der Waals surface area contributed by atoms with E-state index in [0.717, 1.165) is 38.3 Å². The summed E-state index contributed by atoms with van der Waals surface area (Å²) in [4.78, 5) is 16.0. The summed E-state index contributed by atoms with van der Waals surface area (Å²) in [5.74, 6) is 0.951. The highest BCUT2D eigenvalue weighted by molar-refractivity contribution is 6.32. The van der Waals surface area contributed by atoms with Crippen LogP contribution in [0.25, 0.3) is 0 Å². The molecule has 0 spiro atoms. The molecule has 1 aromatic rings. The smallest absolute Gasteiger partial charge is 0.222 e. The molecule has 0 saturated carbocycles. The van der Waals surface area contributed by atoms with E-state index in [2.05, 4.69) is 4.90 Å². The van der Waals surface area contributed by atoms with Crippen LogP contribution in [0.2, 0.25) is 5.02 Å². The van der Waals surface area contributed by atoms with Crippen molar-refractivity contribution in [2.75, 3.05) is 38.2 Å². The van der Waals surface area contributed by atoms with Crippen molar-refractivity contribution in [2.24, 2.45) is 0 Å². The lowest BCUT2D eigenvalue weighted by molar-refractivity contribution is -0.131. The van der Waals surface area contributed by atoms with Gasteiger partial charge in [0, 0.05) is 38.3 Å². The zero-order valence-corrected chi connectivity index (χ0v) is 12.8. The molecule has 20 heavy (non-hydrogen) atoms. The number of hydrogen-bond acceptors (Lipinski definition) is 3. The number of carbonyl (C=O) groups is 1. The Morgan fingerprint density at radius 3 is 2.55 bits per heavy atom. The molecule has 0 unspecified atom stereocenters. The number of amides is 1. The van der Waals surface area contributed by atoms with Crippen LogP contribution in [0.15, 0.2) is 18.2 Å². The van der Waals surface area contributed by atoms with Crippen molar-refractivity contribution in [3.8, 4) is 5.75 Å². The maximum absolute atomic E-state index is 11.8. The quantitative estimate of drug-likeness (QED) is 0.856. The normalized spacial score (nSPS) is 15.3. The van der Waals surface area contributed by atoms with Crippen LogP contribution in [0, 0.1) is 0 Å². The minimum absolute atomic E-state index is 0.264. The molecule has 0 radical (unpaired) electrons. The van der Waals surface area contributed by atoms with Crippen molar-refractivity contribution in [3.05, 3.63) is 23.2 Å². The van der Waals surface area contributed by atoms with Crippen molar-refractivity contribution < 1.29 is 9.53 Å². The standard InChI is InChI=1S/C15H21ClN2O2/c1-3-4-15(19)18-9-7-17(8-10-18)12-5-6-14(20-2)13(16)11-12/h5-6,11H,3-4,7-10H2,1-2H3. The van der Waals surface area contributed by atoms with Crippen LogP contribution in [0.5, 0.6) is 5.75 Å². The second-order valence-electron chi connectivity index (χ2n) is 4.94. The van der Waals surface area contributed by atoms with Crippen molar-refractivity contribution in [2.45, 2.75) is 19.8 Å². The summed E-state index contributed by atoms with van der Waals surface area (Å²) in [7, 11) is 1.61. The molecule has 1 heterocycles. The maximum Gasteiger partial charge on any atom is 0.222 e. The zero-order valence-electron chi connectivity index (χ0n) is 12.1. The Morgan fingerprint density at radius 2 is 2.00 bits per heavy atom. The van der Waals surface area contributed by atoms with E-state index in [1.807, 2.05) is 30.0 Å². The van der Waals surface area contributed by atoms with Crippen LogP contribution >= 0.6 is 11.6 Å². The number of nitrogens with zero attached hydrogens (tertiary/aromatic N) is 2. The molecule has 0 bridgehead atoms. The van der Waals surface area contributed by atoms with Gasteiger partial charge in [0.05, 0.1) is 12.1 Å². The topological polar surface area (TPSA) is 32.8 Å². The average Bonchev–Trinajstić information content (AvgIpc) is 2.47. The SMILES string of the molecule is CCCC(=O)N1CCN(c2ccc(OC)c(Cl)c2)CC1. The summed E-state index contributed by atoms with van der Waals surface area (Å²) in [6.07, 6.45) is 1.56. The summed E-state index contributed by atoms with van der Waals surface area (Å²) in [5.41, 5.74) is 1.08. The minimum atomic E-state index is 0.264. The van der Waals surface area contributed by atoms with Gasteiger partial charge in [-0.05, 0) is 24.6 Å². The van der Waals surface area contributed by atoms with Crippen LogP contribution < -0.4 is 9.64 Å². The highest BCUT2D eigenvalue weighted by atomic mass is 35.5. The van der Waals surface area contributed by atoms with Gasteiger partial charge in [-0.3, -0.25) is 4.79 Å². The maximum atomic E-state index is 11.8. The number of halogens is 1. The van der Waals surface area contributed by atoms with E-state index in [1.165, 1.54) is 0 Å². The number of rotatable bonds is 4. The molecule has 0 atom stereocenters. The highest BCUT2D eigenvalue weighted by Crippen LogP contribution is 2.29. The lowest BCUT2D eigenvalue weighted by atomic mass is 10.2. The summed E-state index contributed by atoms with van der Waals surface area (Å²) in [6.45, 7) is 5.29. The second kappa shape index (κ2) is 6.84. The van der Waals surface area contributed by atoms with Gasteiger partial charge in [-0.1, -0.05) is 18.5 Å². The number of carbonyl (C=O) groups excluding carboxylic acids is 1. The number of hydrogen-bond donors (Lipinski definition) is 0. The number of methoxy groups -OCH3 is 1. The molecule has 0 aliphatic carbocycles. The molecule has 110 valence electrons. The number of ether oxygens (including phenoxy) is 1. The summed E-state index contributed by atoms with van der Waals surface area (Å²) in [6, 6.07) is 5.81. The highest BCUT2D eigenvalue weighted by Gasteiger charge is 2.21. The van der Waals surface area contributed by atoms with E-state index in [1.54, 1.807) is 7.11 Å². The molecule has 2 rings (SSSR count). The molecule has 1 aliphatic rings. The number of benzene rings is 1. The molecule has 0 aromatic heterocycles. The number of anilines is 1. The minimum Gasteiger partial charge on any atom is -0.495 e. The van der Waals surface area contributed by atoms with Crippen LogP contribution in [0.3, 0.4) is 0 Å². The summed E-state index contributed by atoms with van der Waals surface area (Å²) < 4.78 is 5.16. The lowest BCUT2D eigenvalue weighted by Crippen LogP contribution is -2.48. The largest absolute Gasteiger partial charge is 0.495 e. The van der Waals surface area contributed by atoms with Crippen LogP contribution in [-0.2, 0) is 4.79 Å². The Bertz CT molecular complexity index is 471. The van der Waals surface area contributed by atoms with Gasteiger partial charge in [-0.25, -0.2) is 0 Å². The lowest BCUT2D eigenvalue weighted by Gasteiger charge is -2.36. The van der Waals surface area contributed by atoms with E-state index in [0.29, 0.717) is 17.2 Å². The third-order valence-corrected chi connectivity index (χ3v) is 3.89. The molecule has 0 N–H and O–H groups in total. The fourth-order valence-electron chi connectivity index (χ4n) is 2.44. The van der Waals surface area contributed by atoms with Crippen LogP contribution in [0.1, 0.15) is 19.8 Å². The van der Waals surface area contributed by atoms with E-state index >= 15 is 0 Å². The fourth-order valence-corrected chi connectivity index (χ4v) is 2.69. The third-order valence-electron chi connectivity index (χ3n) is 3.60. The van der Waals surface area contributed by atoms with Gasteiger partial charge in [0.2, 0.25) is 5.91 Å². The predicted molar refractivity (Wildman–Crippen MR) is 81.7 cm³/mol. The Labute approximate surface area is 125 Å². The first-order chi connectivity index (χ1) is 9.65. The Hall–Kier alpha value is -1.42. The number of piperazine rings is 1. The molecule has 1 fully saturated rings. The first-order valence-corrected chi connectivity index (χ1v) is 7.39. The fraction of sp³-hybridized carbons (Fsp3) is 0.533. The van der Waals surface area contributed by atoms with E-state index in [4.69, 9.17) is 16.3 Å². The van der Waals surface area contributed by atoms with Crippen LogP contribution in [-0.4, -0.2) is 44.1 Å². The van der Waals surface area contributed by atoms with Crippen molar-refractivity contribution in [1.29, 1.82) is 0 Å². The first kappa shape index (κ1) is 15.0. The van der Waals surface area contributed by atoms with Gasteiger partial charge < -0.3 is 14.5 Å². The van der Waals surface area contributed by atoms with Gasteiger partial charge in [0.1, 0.15) is 5.75 Å². The van der Waals surface area contributed by atoms with Crippen LogP contribution in [0.4, 0.5) is 5.69 Å². The van der Waals surface area contributed by atoms with Crippen molar-refractivity contribution in [1.82, 2.24) is 4.90 Å². The molecule has 1 aromatic carbocycles. The van der Waals surface area contributed by atoms with E-state index < -0.39 is 0 Å².